The lowest BCUT2D eigenvalue weighted by atomic mass is 9.88. The third-order valence-corrected chi connectivity index (χ3v) is 2.35. The molecule has 12 heavy (non-hydrogen) atoms. The number of hydrogen-bond acceptors (Lipinski definition) is 5. The van der Waals surface area contributed by atoms with Crippen molar-refractivity contribution in [3.8, 4) is 0 Å². The smallest absolute Gasteiger partial charge is 0.472 e. The maximum absolute atomic E-state index is 10.8. The highest BCUT2D eigenvalue weighted by molar-refractivity contribution is 7.90. The maximum atomic E-state index is 10.8. The van der Waals surface area contributed by atoms with Crippen LogP contribution in [-0.4, -0.2) is 31.8 Å². The predicted molar refractivity (Wildman–Crippen MR) is 41.6 cm³/mol. The summed E-state index contributed by atoms with van der Waals surface area (Å²) in [5.74, 6) is 0. The molecule has 0 spiro atoms. The molecule has 5 nitrogen and oxygen atoms in total. The van der Waals surface area contributed by atoms with E-state index in [1.807, 2.05) is 0 Å². The lowest BCUT2D eigenvalue weighted by molar-refractivity contribution is 0.409. The Balaban J connectivity index is 3.09. The van der Waals surface area contributed by atoms with E-state index in [1.54, 1.807) is 0 Å². The molecule has 0 aliphatic heterocycles. The molecule has 0 saturated carbocycles. The lowest BCUT2D eigenvalue weighted by Crippen LogP contribution is -2.28. The molecule has 0 radical (unpaired) electrons. The Labute approximate surface area is 69.7 Å². The molecule has 2 N–H and O–H groups in total. The Bertz CT molecular complexity index is 365. The van der Waals surface area contributed by atoms with Crippen molar-refractivity contribution in [2.24, 2.45) is 0 Å². The van der Waals surface area contributed by atoms with Gasteiger partial charge in [0.15, 0.2) is 9.84 Å². The zero-order valence-corrected chi connectivity index (χ0v) is 7.08. The van der Waals surface area contributed by atoms with E-state index in [0.29, 0.717) is 0 Å². The van der Waals surface area contributed by atoms with Gasteiger partial charge in [-0.15, -0.1) is 0 Å². The summed E-state index contributed by atoms with van der Waals surface area (Å²) in [6.45, 7) is 0. The van der Waals surface area contributed by atoms with Crippen LogP contribution < -0.4 is 5.66 Å². The molecule has 0 aromatic carbocycles. The van der Waals surface area contributed by atoms with Gasteiger partial charge < -0.3 is 14.5 Å². The summed E-state index contributed by atoms with van der Waals surface area (Å²) in [7, 11) is -5.11. The minimum absolute atomic E-state index is 0.0643. The SMILES string of the molecule is CS(=O)(=O)c1coc(B(O)O)c1. The van der Waals surface area contributed by atoms with Crippen LogP contribution in [0.3, 0.4) is 0 Å². The van der Waals surface area contributed by atoms with Crippen LogP contribution in [0.15, 0.2) is 21.6 Å². The Hall–Kier alpha value is -0.785. The molecule has 0 aliphatic carbocycles. The third kappa shape index (κ3) is 1.87. The highest BCUT2D eigenvalue weighted by Crippen LogP contribution is 2.06. The molecule has 0 amide bonds. The van der Waals surface area contributed by atoms with Crippen LogP contribution in [-0.2, 0) is 9.84 Å². The highest BCUT2D eigenvalue weighted by atomic mass is 32.2. The minimum Gasteiger partial charge on any atom is -0.472 e. The van der Waals surface area contributed by atoms with Gasteiger partial charge in [0.05, 0.1) is 0 Å². The molecular formula is C5H7BO5S. The van der Waals surface area contributed by atoms with Crippen molar-refractivity contribution in [3.63, 3.8) is 0 Å². The molecule has 1 heterocycles. The van der Waals surface area contributed by atoms with Crippen LogP contribution in [0.5, 0.6) is 0 Å². The zero-order valence-electron chi connectivity index (χ0n) is 6.26. The molecule has 0 saturated heterocycles. The number of sulfone groups is 1. The summed E-state index contributed by atoms with van der Waals surface area (Å²) in [4.78, 5) is -0.0643. The molecule has 1 aromatic heterocycles. The van der Waals surface area contributed by atoms with Gasteiger partial charge in [-0.3, -0.25) is 0 Å². The molecule has 0 aliphatic rings. The van der Waals surface area contributed by atoms with Gasteiger partial charge >= 0.3 is 7.12 Å². The maximum Gasteiger partial charge on any atom is 0.526 e. The molecule has 0 fully saturated rings. The van der Waals surface area contributed by atoms with Gasteiger partial charge in [0.2, 0.25) is 0 Å². The lowest BCUT2D eigenvalue weighted by Gasteiger charge is -1.88. The highest BCUT2D eigenvalue weighted by Gasteiger charge is 2.19. The van der Waals surface area contributed by atoms with Crippen molar-refractivity contribution < 1.29 is 22.9 Å². The van der Waals surface area contributed by atoms with Crippen molar-refractivity contribution >= 4 is 22.6 Å². The topological polar surface area (TPSA) is 87.7 Å². The Kier molecular flexibility index (Phi) is 2.27. The second-order valence-electron chi connectivity index (χ2n) is 2.33. The number of hydrogen-bond donors (Lipinski definition) is 2. The van der Waals surface area contributed by atoms with Gasteiger partial charge in [-0.2, -0.15) is 0 Å². The first kappa shape index (κ1) is 9.30. The van der Waals surface area contributed by atoms with Crippen molar-refractivity contribution in [2.45, 2.75) is 4.90 Å². The molecular weight excluding hydrogens is 183 g/mol. The van der Waals surface area contributed by atoms with E-state index in [4.69, 9.17) is 10.0 Å². The van der Waals surface area contributed by atoms with Crippen LogP contribution in [0.4, 0.5) is 0 Å². The largest absolute Gasteiger partial charge is 0.526 e. The summed E-state index contributed by atoms with van der Waals surface area (Å²) >= 11 is 0. The van der Waals surface area contributed by atoms with Crippen LogP contribution in [0.25, 0.3) is 0 Å². The quantitative estimate of drug-likeness (QED) is 0.546. The predicted octanol–water partition coefficient (Wildman–Crippen LogP) is -1.64. The van der Waals surface area contributed by atoms with E-state index in [9.17, 15) is 8.42 Å². The van der Waals surface area contributed by atoms with E-state index in [0.717, 1.165) is 18.6 Å². The molecule has 1 aromatic rings. The minimum atomic E-state index is -3.33. The molecule has 0 bridgehead atoms. The van der Waals surface area contributed by atoms with Crippen molar-refractivity contribution in [1.82, 2.24) is 0 Å². The summed E-state index contributed by atoms with van der Waals surface area (Å²) in [6, 6.07) is 1.07. The van der Waals surface area contributed by atoms with Crippen LogP contribution in [0, 0.1) is 0 Å². The van der Waals surface area contributed by atoms with Crippen LogP contribution in [0.2, 0.25) is 0 Å². The molecule has 1 rings (SSSR count). The Morgan fingerprint density at radius 1 is 1.50 bits per heavy atom. The average Bonchev–Trinajstić information content (AvgIpc) is 2.30. The van der Waals surface area contributed by atoms with Crippen LogP contribution >= 0.6 is 0 Å². The van der Waals surface area contributed by atoms with Gasteiger partial charge in [-0.25, -0.2) is 8.42 Å². The third-order valence-electron chi connectivity index (χ3n) is 1.28. The monoisotopic (exact) mass is 190 g/mol. The summed E-state index contributed by atoms with van der Waals surface area (Å²) in [6.07, 6.45) is 1.97. The first-order valence-corrected chi connectivity index (χ1v) is 4.95. The van der Waals surface area contributed by atoms with Gasteiger partial charge in [0.1, 0.15) is 16.8 Å². The number of rotatable bonds is 2. The molecule has 0 unspecified atom stereocenters. The fourth-order valence-corrected chi connectivity index (χ4v) is 1.22. The Morgan fingerprint density at radius 3 is 2.33 bits per heavy atom. The van der Waals surface area contributed by atoms with E-state index >= 15 is 0 Å². The van der Waals surface area contributed by atoms with Gasteiger partial charge in [0, 0.05) is 6.26 Å². The summed E-state index contributed by atoms with van der Waals surface area (Å²) in [5, 5.41) is 17.1. The second kappa shape index (κ2) is 2.93. The van der Waals surface area contributed by atoms with E-state index in [2.05, 4.69) is 4.42 Å². The van der Waals surface area contributed by atoms with Crippen LogP contribution in [0.1, 0.15) is 0 Å². The van der Waals surface area contributed by atoms with E-state index < -0.39 is 17.0 Å². The molecule has 7 heteroatoms. The molecule has 0 atom stereocenters. The standard InChI is InChI=1S/C5H7BO5S/c1-12(9,10)4-2-5(6(7)8)11-3-4/h2-3,7-8H,1H3. The summed E-state index contributed by atoms with van der Waals surface area (Å²) < 4.78 is 26.3. The normalized spacial score (nSPS) is 11.6. The second-order valence-corrected chi connectivity index (χ2v) is 4.35. The fourth-order valence-electron chi connectivity index (χ4n) is 0.664. The molecule has 66 valence electrons. The van der Waals surface area contributed by atoms with Crippen molar-refractivity contribution in [1.29, 1.82) is 0 Å². The first-order chi connectivity index (χ1) is 5.41. The first-order valence-electron chi connectivity index (χ1n) is 3.06. The zero-order chi connectivity index (χ0) is 9.35. The van der Waals surface area contributed by atoms with Crippen molar-refractivity contribution in [2.75, 3.05) is 6.26 Å². The summed E-state index contributed by atoms with van der Waals surface area (Å²) in [5.41, 5.74) is -0.185. The van der Waals surface area contributed by atoms with E-state index in [-0.39, 0.29) is 10.6 Å². The van der Waals surface area contributed by atoms with Gasteiger partial charge in [0.25, 0.3) is 0 Å². The number of furan rings is 1. The fraction of sp³-hybridized carbons (Fsp3) is 0.200. The van der Waals surface area contributed by atoms with E-state index in [1.165, 1.54) is 0 Å². The van der Waals surface area contributed by atoms with Gasteiger partial charge in [-0.05, 0) is 6.07 Å². The van der Waals surface area contributed by atoms with Gasteiger partial charge in [-0.1, -0.05) is 0 Å². The van der Waals surface area contributed by atoms with Crippen molar-refractivity contribution in [3.05, 3.63) is 12.3 Å². The Morgan fingerprint density at radius 2 is 2.08 bits per heavy atom. The average molecular weight is 190 g/mol.